The zero-order chi connectivity index (χ0) is 14.6. The molecule has 0 aliphatic rings. The van der Waals surface area contributed by atoms with Crippen molar-refractivity contribution in [3.63, 3.8) is 0 Å². The zero-order valence-corrected chi connectivity index (χ0v) is 12.9. The number of rotatable bonds is 9. The van der Waals surface area contributed by atoms with Gasteiger partial charge in [-0.05, 0) is 25.0 Å². The largest absolute Gasteiger partial charge is 0.370 e. The van der Waals surface area contributed by atoms with Gasteiger partial charge in [-0.25, -0.2) is 4.99 Å². The van der Waals surface area contributed by atoms with Crippen LogP contribution in [0.2, 0.25) is 0 Å². The molecule has 0 aromatic carbocycles. The van der Waals surface area contributed by atoms with Crippen LogP contribution in [0.4, 0.5) is 0 Å². The second kappa shape index (κ2) is 10.2. The molecule has 0 amide bonds. The van der Waals surface area contributed by atoms with E-state index in [1.54, 1.807) is 6.20 Å². The highest BCUT2D eigenvalue weighted by Gasteiger charge is 1.98. The molecular weight excluding hydrogens is 248 g/mol. The van der Waals surface area contributed by atoms with Crippen LogP contribution in [-0.2, 0) is 6.54 Å². The van der Waals surface area contributed by atoms with Crippen molar-refractivity contribution in [2.45, 2.75) is 58.9 Å². The molecule has 1 aromatic heterocycles. The van der Waals surface area contributed by atoms with Gasteiger partial charge in [-0.3, -0.25) is 4.98 Å². The summed E-state index contributed by atoms with van der Waals surface area (Å²) in [7, 11) is 0. The summed E-state index contributed by atoms with van der Waals surface area (Å²) in [4.78, 5) is 8.62. The third-order valence-corrected chi connectivity index (χ3v) is 3.35. The summed E-state index contributed by atoms with van der Waals surface area (Å²) in [6.07, 6.45) is 9.52. The van der Waals surface area contributed by atoms with E-state index in [2.05, 4.69) is 22.2 Å². The molecule has 0 saturated heterocycles. The molecule has 0 aliphatic heterocycles. The highest BCUT2D eigenvalue weighted by molar-refractivity contribution is 5.77. The van der Waals surface area contributed by atoms with Crippen molar-refractivity contribution in [1.29, 1.82) is 0 Å². The van der Waals surface area contributed by atoms with Crippen LogP contribution in [0.25, 0.3) is 0 Å². The molecule has 0 atom stereocenters. The van der Waals surface area contributed by atoms with Gasteiger partial charge in [0.25, 0.3) is 0 Å². The van der Waals surface area contributed by atoms with Crippen LogP contribution < -0.4 is 11.1 Å². The van der Waals surface area contributed by atoms with E-state index in [-0.39, 0.29) is 0 Å². The average Bonchev–Trinajstić information content (AvgIpc) is 2.45. The van der Waals surface area contributed by atoms with Gasteiger partial charge in [0, 0.05) is 12.7 Å². The number of nitrogens with one attached hydrogen (secondary N) is 1. The first kappa shape index (κ1) is 16.5. The normalized spacial score (nSPS) is 11.6. The lowest BCUT2D eigenvalue weighted by molar-refractivity contribution is 0.601. The summed E-state index contributed by atoms with van der Waals surface area (Å²) < 4.78 is 0. The summed E-state index contributed by atoms with van der Waals surface area (Å²) in [6.45, 7) is 5.73. The summed E-state index contributed by atoms with van der Waals surface area (Å²) in [5.74, 6) is 0.517. The number of aliphatic imine (C=N–C) groups is 1. The van der Waals surface area contributed by atoms with Gasteiger partial charge < -0.3 is 11.1 Å². The molecule has 112 valence electrons. The number of aryl methyl sites for hydroxylation is 1. The second-order valence-electron chi connectivity index (χ2n) is 5.16. The van der Waals surface area contributed by atoms with Crippen LogP contribution in [0.1, 0.15) is 56.7 Å². The Bertz CT molecular complexity index is 401. The van der Waals surface area contributed by atoms with Gasteiger partial charge in [-0.1, -0.05) is 45.1 Å². The van der Waals surface area contributed by atoms with Crippen molar-refractivity contribution in [3.8, 4) is 0 Å². The molecule has 3 N–H and O–H groups in total. The number of pyridine rings is 1. The van der Waals surface area contributed by atoms with E-state index >= 15 is 0 Å². The Kier molecular flexibility index (Phi) is 8.43. The van der Waals surface area contributed by atoms with Crippen molar-refractivity contribution >= 4 is 5.96 Å². The van der Waals surface area contributed by atoms with Crippen molar-refractivity contribution < 1.29 is 0 Å². The predicted octanol–water partition coefficient (Wildman–Crippen LogP) is 3.15. The fourth-order valence-corrected chi connectivity index (χ4v) is 2.02. The number of hydrogen-bond acceptors (Lipinski definition) is 2. The molecule has 0 radical (unpaired) electrons. The van der Waals surface area contributed by atoms with Gasteiger partial charge >= 0.3 is 0 Å². The number of aromatic nitrogens is 1. The van der Waals surface area contributed by atoms with E-state index in [9.17, 15) is 0 Å². The maximum Gasteiger partial charge on any atom is 0.188 e. The Balaban J connectivity index is 2.14. The van der Waals surface area contributed by atoms with Crippen molar-refractivity contribution in [2.24, 2.45) is 10.7 Å². The minimum Gasteiger partial charge on any atom is -0.370 e. The van der Waals surface area contributed by atoms with E-state index in [0.29, 0.717) is 12.5 Å². The van der Waals surface area contributed by atoms with E-state index in [4.69, 9.17) is 5.73 Å². The molecule has 0 fully saturated rings. The number of hydrogen-bond donors (Lipinski definition) is 2. The third kappa shape index (κ3) is 7.12. The quantitative estimate of drug-likeness (QED) is 0.414. The number of unbranched alkanes of at least 4 members (excludes halogenated alkanes) is 5. The highest BCUT2D eigenvalue weighted by Crippen LogP contribution is 2.05. The standard InChI is InChI=1S/C16H28N4/c1-3-4-5-6-7-8-11-19-16(17)20-13-15-14(2)10-9-12-18-15/h9-10,12H,3-8,11,13H2,1-2H3,(H3,17,19,20). The Morgan fingerprint density at radius 3 is 2.75 bits per heavy atom. The van der Waals surface area contributed by atoms with Crippen molar-refractivity contribution in [2.75, 3.05) is 6.54 Å². The predicted molar refractivity (Wildman–Crippen MR) is 85.7 cm³/mol. The van der Waals surface area contributed by atoms with Crippen LogP contribution in [-0.4, -0.2) is 17.5 Å². The molecule has 0 saturated carbocycles. The molecule has 0 aliphatic carbocycles. The fourth-order valence-electron chi connectivity index (χ4n) is 2.02. The highest BCUT2D eigenvalue weighted by atomic mass is 15.1. The smallest absolute Gasteiger partial charge is 0.188 e. The molecule has 0 bridgehead atoms. The van der Waals surface area contributed by atoms with Gasteiger partial charge in [0.15, 0.2) is 5.96 Å². The Labute approximate surface area is 122 Å². The first-order valence-electron chi connectivity index (χ1n) is 7.68. The minimum absolute atomic E-state index is 0.517. The zero-order valence-electron chi connectivity index (χ0n) is 12.9. The average molecular weight is 276 g/mol. The molecule has 4 heteroatoms. The monoisotopic (exact) mass is 276 g/mol. The van der Waals surface area contributed by atoms with E-state index in [0.717, 1.165) is 24.2 Å². The Morgan fingerprint density at radius 2 is 2.00 bits per heavy atom. The lowest BCUT2D eigenvalue weighted by Gasteiger charge is -2.06. The second-order valence-corrected chi connectivity index (χ2v) is 5.16. The topological polar surface area (TPSA) is 63.3 Å². The SMILES string of the molecule is CCCCCCCCNC(N)=NCc1ncccc1C. The minimum atomic E-state index is 0.517. The maximum atomic E-state index is 5.85. The molecule has 0 spiro atoms. The van der Waals surface area contributed by atoms with Gasteiger partial charge in [0.05, 0.1) is 12.2 Å². The molecule has 1 aromatic rings. The van der Waals surface area contributed by atoms with Crippen LogP contribution in [0.3, 0.4) is 0 Å². The fraction of sp³-hybridized carbons (Fsp3) is 0.625. The summed E-state index contributed by atoms with van der Waals surface area (Å²) >= 11 is 0. The molecular formula is C16H28N4. The van der Waals surface area contributed by atoms with Gasteiger partial charge in [-0.15, -0.1) is 0 Å². The summed E-state index contributed by atoms with van der Waals surface area (Å²) in [5, 5.41) is 3.16. The molecule has 1 rings (SSSR count). The van der Waals surface area contributed by atoms with Crippen LogP contribution in [0.15, 0.2) is 23.3 Å². The van der Waals surface area contributed by atoms with Gasteiger partial charge in [0.2, 0.25) is 0 Å². The van der Waals surface area contributed by atoms with Gasteiger partial charge in [0.1, 0.15) is 0 Å². The molecule has 4 nitrogen and oxygen atoms in total. The van der Waals surface area contributed by atoms with Crippen LogP contribution >= 0.6 is 0 Å². The third-order valence-electron chi connectivity index (χ3n) is 3.35. The van der Waals surface area contributed by atoms with Crippen LogP contribution in [0.5, 0.6) is 0 Å². The number of nitrogens with zero attached hydrogens (tertiary/aromatic N) is 2. The lowest BCUT2D eigenvalue weighted by Crippen LogP contribution is -2.32. The van der Waals surface area contributed by atoms with Crippen LogP contribution in [0, 0.1) is 6.92 Å². The Hall–Kier alpha value is -1.58. The van der Waals surface area contributed by atoms with Crippen molar-refractivity contribution in [1.82, 2.24) is 10.3 Å². The number of nitrogens with two attached hydrogens (primary N) is 1. The Morgan fingerprint density at radius 1 is 1.25 bits per heavy atom. The summed E-state index contributed by atoms with van der Waals surface area (Å²) in [6, 6.07) is 3.97. The summed E-state index contributed by atoms with van der Waals surface area (Å²) in [5.41, 5.74) is 7.98. The van der Waals surface area contributed by atoms with Crippen molar-refractivity contribution in [3.05, 3.63) is 29.6 Å². The molecule has 20 heavy (non-hydrogen) atoms. The van der Waals surface area contributed by atoms with E-state index < -0.39 is 0 Å². The first-order chi connectivity index (χ1) is 9.74. The maximum absolute atomic E-state index is 5.85. The first-order valence-corrected chi connectivity index (χ1v) is 7.68. The van der Waals surface area contributed by atoms with Gasteiger partial charge in [-0.2, -0.15) is 0 Å². The van der Waals surface area contributed by atoms with E-state index in [1.807, 2.05) is 19.1 Å². The van der Waals surface area contributed by atoms with E-state index in [1.165, 1.54) is 32.1 Å². The lowest BCUT2D eigenvalue weighted by atomic mass is 10.1. The molecule has 0 unspecified atom stereocenters. The molecule has 1 heterocycles. The number of guanidine groups is 1.